The highest BCUT2D eigenvalue weighted by Crippen LogP contribution is 2.41. The largest absolute Gasteiger partial charge is 0.424 e. The van der Waals surface area contributed by atoms with Crippen molar-refractivity contribution in [3.8, 4) is 0 Å². The van der Waals surface area contributed by atoms with E-state index in [2.05, 4.69) is 6.92 Å². The van der Waals surface area contributed by atoms with E-state index in [0.717, 1.165) is 0 Å². The van der Waals surface area contributed by atoms with Crippen molar-refractivity contribution in [1.29, 1.82) is 0 Å². The first-order valence-corrected chi connectivity index (χ1v) is 3.68. The first kappa shape index (κ1) is 10.4. The van der Waals surface area contributed by atoms with Crippen LogP contribution in [0.15, 0.2) is 0 Å². The smallest absolute Gasteiger partial charge is 0.352 e. The summed E-state index contributed by atoms with van der Waals surface area (Å²) in [4.78, 5) is 10.9. The van der Waals surface area contributed by atoms with E-state index in [0.29, 0.717) is 0 Å². The highest BCUT2D eigenvalue weighted by molar-refractivity contribution is 5.91. The van der Waals surface area contributed by atoms with Gasteiger partial charge in [-0.3, -0.25) is 0 Å². The van der Waals surface area contributed by atoms with Gasteiger partial charge in [0.1, 0.15) is 6.10 Å². The number of rotatable bonds is 4. The molecule has 0 aromatic carbocycles. The van der Waals surface area contributed by atoms with Crippen LogP contribution >= 0.6 is 0 Å². The Labute approximate surface area is 76.9 Å². The zero-order chi connectivity index (χ0) is 10.1. The summed E-state index contributed by atoms with van der Waals surface area (Å²) in [7, 11) is 4.20. The molecule has 13 heavy (non-hydrogen) atoms. The van der Waals surface area contributed by atoms with Gasteiger partial charge in [0.2, 0.25) is 0 Å². The van der Waals surface area contributed by atoms with Gasteiger partial charge >= 0.3 is 5.97 Å². The molecule has 1 aliphatic heterocycles. The van der Waals surface area contributed by atoms with E-state index in [9.17, 15) is 4.79 Å². The second-order valence-corrected chi connectivity index (χ2v) is 2.52. The van der Waals surface area contributed by atoms with Crippen molar-refractivity contribution in [2.45, 2.75) is 11.9 Å². The molecule has 1 fully saturated rings. The third-order valence-electron chi connectivity index (χ3n) is 1.96. The van der Waals surface area contributed by atoms with Crippen LogP contribution in [0.25, 0.3) is 0 Å². The first-order chi connectivity index (χ1) is 6.12. The zero-order valence-corrected chi connectivity index (χ0v) is 7.83. The maximum Gasteiger partial charge on any atom is 0.352 e. The lowest BCUT2D eigenvalue weighted by Crippen LogP contribution is -2.64. The average Bonchev–Trinajstić information content (AvgIpc) is 2.13. The van der Waals surface area contributed by atoms with Crippen LogP contribution in [-0.4, -0.2) is 39.2 Å². The van der Waals surface area contributed by atoms with Gasteiger partial charge in [0, 0.05) is 21.3 Å². The van der Waals surface area contributed by atoms with E-state index in [-0.39, 0.29) is 6.10 Å². The lowest BCUT2D eigenvalue weighted by Gasteiger charge is -2.45. The summed E-state index contributed by atoms with van der Waals surface area (Å²) in [6.45, 7) is 3.63. The quantitative estimate of drug-likeness (QED) is 0.577. The topological polar surface area (TPSA) is 54.0 Å². The molecule has 5 nitrogen and oxygen atoms in total. The number of cyclic esters (lactones) is 1. The highest BCUT2D eigenvalue weighted by atomic mass is 16.8. The molecule has 1 aliphatic rings. The summed E-state index contributed by atoms with van der Waals surface area (Å²) < 4.78 is 19.6. The fourth-order valence-corrected chi connectivity index (χ4v) is 1.18. The minimum Gasteiger partial charge on any atom is -0.424 e. The van der Waals surface area contributed by atoms with E-state index < -0.39 is 17.9 Å². The van der Waals surface area contributed by atoms with Gasteiger partial charge in [-0.2, -0.15) is 0 Å². The van der Waals surface area contributed by atoms with Gasteiger partial charge in [0.25, 0.3) is 11.9 Å². The van der Waals surface area contributed by atoms with Crippen LogP contribution in [0.2, 0.25) is 0 Å². The summed E-state index contributed by atoms with van der Waals surface area (Å²) in [6.07, 6.45) is -0.568. The number of hydrogen-bond acceptors (Lipinski definition) is 5. The number of esters is 1. The Bertz CT molecular complexity index is 205. The molecule has 0 saturated carbocycles. The Morgan fingerprint density at radius 2 is 2.08 bits per heavy atom. The molecule has 1 saturated heterocycles. The average molecular weight is 188 g/mol. The number of methoxy groups -OCH3 is 3. The van der Waals surface area contributed by atoms with E-state index in [1.165, 1.54) is 21.3 Å². The molecule has 74 valence electrons. The van der Waals surface area contributed by atoms with Crippen LogP contribution in [0.3, 0.4) is 0 Å². The van der Waals surface area contributed by atoms with Crippen molar-refractivity contribution < 1.29 is 23.7 Å². The molecule has 1 heterocycles. The maximum atomic E-state index is 10.9. The van der Waals surface area contributed by atoms with Crippen molar-refractivity contribution in [2.24, 2.45) is 0 Å². The third-order valence-corrected chi connectivity index (χ3v) is 1.96. The highest BCUT2D eigenvalue weighted by Gasteiger charge is 2.64. The monoisotopic (exact) mass is 188 g/mol. The van der Waals surface area contributed by atoms with Crippen molar-refractivity contribution in [3.05, 3.63) is 13.0 Å². The van der Waals surface area contributed by atoms with Gasteiger partial charge in [0.05, 0.1) is 0 Å². The molecule has 0 amide bonds. The lowest BCUT2D eigenvalue weighted by molar-refractivity contribution is -0.310. The predicted molar refractivity (Wildman–Crippen MR) is 42.2 cm³/mol. The van der Waals surface area contributed by atoms with Crippen LogP contribution in [0.4, 0.5) is 0 Å². The third kappa shape index (κ3) is 1.33. The second kappa shape index (κ2) is 3.61. The van der Waals surface area contributed by atoms with E-state index in [1.54, 1.807) is 0 Å². The van der Waals surface area contributed by atoms with Crippen LogP contribution in [0, 0.1) is 13.0 Å². The van der Waals surface area contributed by atoms with Crippen molar-refractivity contribution in [2.75, 3.05) is 21.3 Å². The summed E-state index contributed by atoms with van der Waals surface area (Å²) >= 11 is 0. The maximum absolute atomic E-state index is 10.9. The van der Waals surface area contributed by atoms with Gasteiger partial charge in [-0.1, -0.05) is 0 Å². The fourth-order valence-electron chi connectivity index (χ4n) is 1.18. The summed E-state index contributed by atoms with van der Waals surface area (Å²) in [5, 5.41) is 0. The molecule has 0 aromatic heterocycles. The van der Waals surface area contributed by atoms with Gasteiger partial charge in [-0.05, 0) is 6.92 Å². The van der Waals surface area contributed by atoms with Gasteiger partial charge in [0.15, 0.2) is 0 Å². The van der Waals surface area contributed by atoms with Crippen molar-refractivity contribution in [3.63, 3.8) is 0 Å². The SMILES string of the molecule is [CH2]C(OC)C1(OC)OC(=O)[C]1OC. The van der Waals surface area contributed by atoms with Crippen LogP contribution in [0.1, 0.15) is 0 Å². The Balaban J connectivity index is 2.77. The molecule has 1 rings (SSSR count). The predicted octanol–water partition coefficient (Wildman–Crippen LogP) is -0.0866. The Morgan fingerprint density at radius 3 is 2.38 bits per heavy atom. The standard InChI is InChI=1S/C8H12O5/c1-5(10-2)8(12-4)6(11-3)7(9)13-8/h5H,1H2,2-4H3. The molecule has 2 atom stereocenters. The van der Waals surface area contributed by atoms with Gasteiger partial charge in [-0.15, -0.1) is 0 Å². The summed E-state index contributed by atoms with van der Waals surface area (Å²) in [5.74, 6) is -1.82. The lowest BCUT2D eigenvalue weighted by atomic mass is 9.98. The minimum absolute atomic E-state index is 0.0804. The molecule has 2 radical (unpaired) electrons. The molecule has 0 aliphatic carbocycles. The molecule has 0 N–H and O–H groups in total. The second-order valence-electron chi connectivity index (χ2n) is 2.52. The molecule has 0 bridgehead atoms. The fraction of sp³-hybridized carbons (Fsp3) is 0.625. The summed E-state index contributed by atoms with van der Waals surface area (Å²) in [5.41, 5.74) is 0. The number of hydrogen-bond donors (Lipinski definition) is 0. The number of carbonyl (C=O) groups excluding carboxylic acids is 1. The number of carbonyl (C=O) groups is 1. The Hall–Kier alpha value is -0.650. The van der Waals surface area contributed by atoms with Crippen molar-refractivity contribution in [1.82, 2.24) is 0 Å². The summed E-state index contributed by atoms with van der Waals surface area (Å²) in [6, 6.07) is 0. The van der Waals surface area contributed by atoms with Gasteiger partial charge < -0.3 is 18.9 Å². The molecule has 0 spiro atoms. The molecule has 5 heteroatoms. The normalized spacial score (nSPS) is 30.9. The van der Waals surface area contributed by atoms with Crippen LogP contribution < -0.4 is 0 Å². The van der Waals surface area contributed by atoms with Crippen LogP contribution in [0.5, 0.6) is 0 Å². The number of ether oxygens (including phenoxy) is 4. The van der Waals surface area contributed by atoms with Crippen LogP contribution in [-0.2, 0) is 23.7 Å². The molecule has 0 aromatic rings. The van der Waals surface area contributed by atoms with E-state index in [4.69, 9.17) is 18.9 Å². The molecular formula is C8H12O5. The Kier molecular flexibility index (Phi) is 2.90. The molecular weight excluding hydrogens is 176 g/mol. The minimum atomic E-state index is -1.28. The van der Waals surface area contributed by atoms with Gasteiger partial charge in [-0.25, -0.2) is 4.79 Å². The first-order valence-electron chi connectivity index (χ1n) is 3.68. The Morgan fingerprint density at radius 1 is 1.46 bits per heavy atom. The van der Waals surface area contributed by atoms with E-state index in [1.807, 2.05) is 0 Å². The van der Waals surface area contributed by atoms with Crippen molar-refractivity contribution >= 4 is 5.97 Å². The molecule has 2 unspecified atom stereocenters. The zero-order valence-electron chi connectivity index (χ0n) is 7.83. The van der Waals surface area contributed by atoms with E-state index >= 15 is 0 Å².